The highest BCUT2D eigenvalue weighted by molar-refractivity contribution is 5.90. The number of aliphatic carboxylic acids is 1. The number of hydrogen-bond donors (Lipinski definition) is 5. The minimum absolute atomic E-state index is 0.0123. The van der Waals surface area contributed by atoms with Crippen LogP contribution >= 0.6 is 0 Å². The summed E-state index contributed by atoms with van der Waals surface area (Å²) in [7, 11) is 0. The van der Waals surface area contributed by atoms with E-state index in [9.17, 15) is 19.5 Å². The first kappa shape index (κ1) is 20.4. The lowest BCUT2D eigenvalue weighted by Crippen LogP contribution is -2.50. The monoisotopic (exact) mass is 374 g/mol. The molecule has 0 saturated heterocycles. The summed E-state index contributed by atoms with van der Waals surface area (Å²) in [5, 5.41) is 15.2. The Hall–Kier alpha value is -2.87. The minimum atomic E-state index is -1.14. The summed E-state index contributed by atoms with van der Waals surface area (Å²) in [5.41, 5.74) is 7.50. The van der Waals surface area contributed by atoms with Crippen LogP contribution < -0.4 is 16.4 Å². The lowest BCUT2D eigenvalue weighted by molar-refractivity contribution is -0.141. The van der Waals surface area contributed by atoms with Crippen LogP contribution in [0.25, 0.3) is 10.9 Å². The van der Waals surface area contributed by atoms with Gasteiger partial charge in [0.2, 0.25) is 11.8 Å². The molecule has 8 heteroatoms. The molecule has 0 aliphatic rings. The third-order valence-corrected chi connectivity index (χ3v) is 4.72. The Morgan fingerprint density at radius 3 is 2.63 bits per heavy atom. The van der Waals surface area contributed by atoms with Crippen molar-refractivity contribution in [3.05, 3.63) is 36.0 Å². The van der Waals surface area contributed by atoms with Crippen LogP contribution in [-0.4, -0.2) is 46.5 Å². The SMILES string of the molecule is CCC(C)C(N)C(=O)NCC(=O)NC(Cc1c[nH]c2ccccc12)C(=O)O. The number of benzene rings is 1. The zero-order valence-corrected chi connectivity index (χ0v) is 15.5. The molecule has 27 heavy (non-hydrogen) atoms. The van der Waals surface area contributed by atoms with Crippen LogP contribution in [-0.2, 0) is 20.8 Å². The van der Waals surface area contributed by atoms with Gasteiger partial charge >= 0.3 is 5.97 Å². The van der Waals surface area contributed by atoms with Crippen LogP contribution in [0.15, 0.2) is 30.5 Å². The highest BCUT2D eigenvalue weighted by Gasteiger charge is 2.23. The van der Waals surface area contributed by atoms with E-state index in [1.165, 1.54) is 0 Å². The number of para-hydroxylation sites is 1. The zero-order valence-electron chi connectivity index (χ0n) is 15.5. The second-order valence-electron chi connectivity index (χ2n) is 6.65. The Labute approximate surface area is 157 Å². The number of carboxylic acid groups (broad SMARTS) is 1. The van der Waals surface area contributed by atoms with Crippen LogP contribution in [0.4, 0.5) is 0 Å². The van der Waals surface area contributed by atoms with E-state index in [2.05, 4.69) is 15.6 Å². The summed E-state index contributed by atoms with van der Waals surface area (Å²) in [4.78, 5) is 38.6. The van der Waals surface area contributed by atoms with Crippen molar-refractivity contribution >= 4 is 28.7 Å². The van der Waals surface area contributed by atoms with Crippen LogP contribution in [0, 0.1) is 5.92 Å². The van der Waals surface area contributed by atoms with Gasteiger partial charge in [-0.2, -0.15) is 0 Å². The number of H-pyrrole nitrogens is 1. The van der Waals surface area contributed by atoms with E-state index in [0.29, 0.717) is 0 Å². The standard InChI is InChI=1S/C19H26N4O4/c1-3-11(2)17(20)18(25)22-10-16(24)23-15(19(26)27)8-12-9-21-14-7-5-4-6-13(12)14/h4-7,9,11,15,17,21H,3,8,10,20H2,1-2H3,(H,22,25)(H,23,24)(H,26,27). The van der Waals surface area contributed by atoms with Crippen LogP contribution in [0.5, 0.6) is 0 Å². The molecule has 2 amide bonds. The van der Waals surface area contributed by atoms with E-state index in [-0.39, 0.29) is 18.9 Å². The number of aromatic nitrogens is 1. The summed E-state index contributed by atoms with van der Waals surface area (Å²) >= 11 is 0. The Balaban J connectivity index is 1.95. The van der Waals surface area contributed by atoms with Gasteiger partial charge in [0.15, 0.2) is 0 Å². The van der Waals surface area contributed by atoms with Crippen LogP contribution in [0.1, 0.15) is 25.8 Å². The summed E-state index contributed by atoms with van der Waals surface area (Å²) in [5.74, 6) is -2.16. The molecule has 2 aromatic rings. The molecule has 0 fully saturated rings. The fourth-order valence-corrected chi connectivity index (χ4v) is 2.76. The molecule has 146 valence electrons. The summed E-state index contributed by atoms with van der Waals surface area (Å²) < 4.78 is 0. The maximum atomic E-state index is 12.1. The molecule has 0 saturated carbocycles. The van der Waals surface area contributed by atoms with Gasteiger partial charge in [-0.1, -0.05) is 38.5 Å². The number of carbonyl (C=O) groups is 3. The number of fused-ring (bicyclic) bond motifs is 1. The topological polar surface area (TPSA) is 137 Å². The molecule has 3 unspecified atom stereocenters. The molecule has 3 atom stereocenters. The number of nitrogens with one attached hydrogen (secondary N) is 3. The second-order valence-corrected chi connectivity index (χ2v) is 6.65. The fourth-order valence-electron chi connectivity index (χ4n) is 2.76. The van der Waals surface area contributed by atoms with Gasteiger partial charge < -0.3 is 26.5 Å². The van der Waals surface area contributed by atoms with Crippen molar-refractivity contribution in [1.29, 1.82) is 0 Å². The first-order chi connectivity index (χ1) is 12.8. The molecule has 6 N–H and O–H groups in total. The maximum absolute atomic E-state index is 12.1. The summed E-state index contributed by atoms with van der Waals surface area (Å²) in [6.45, 7) is 3.46. The molecule has 0 spiro atoms. The second kappa shape index (κ2) is 9.18. The molecule has 0 radical (unpaired) electrons. The normalized spacial score (nSPS) is 14.3. The lowest BCUT2D eigenvalue weighted by Gasteiger charge is -2.18. The molecule has 1 heterocycles. The number of rotatable bonds is 9. The van der Waals surface area contributed by atoms with E-state index < -0.39 is 29.9 Å². The van der Waals surface area contributed by atoms with Gasteiger partial charge in [0.1, 0.15) is 6.04 Å². The van der Waals surface area contributed by atoms with Gasteiger partial charge in [-0.05, 0) is 17.5 Å². The Morgan fingerprint density at radius 2 is 1.96 bits per heavy atom. The molecule has 2 rings (SSSR count). The predicted molar refractivity (Wildman–Crippen MR) is 102 cm³/mol. The van der Waals surface area contributed by atoms with Crippen molar-refractivity contribution in [3.63, 3.8) is 0 Å². The number of carbonyl (C=O) groups excluding carboxylic acids is 2. The third-order valence-electron chi connectivity index (χ3n) is 4.72. The molecular weight excluding hydrogens is 348 g/mol. The third kappa shape index (κ3) is 5.30. The van der Waals surface area contributed by atoms with Gasteiger partial charge in [0.25, 0.3) is 0 Å². The number of aromatic amines is 1. The van der Waals surface area contributed by atoms with Gasteiger partial charge in [0, 0.05) is 23.5 Å². The van der Waals surface area contributed by atoms with E-state index in [1.54, 1.807) is 6.20 Å². The molecule has 0 aliphatic carbocycles. The number of hydrogen-bond acceptors (Lipinski definition) is 4. The molecule has 0 bridgehead atoms. The number of nitrogens with two attached hydrogens (primary N) is 1. The first-order valence-electron chi connectivity index (χ1n) is 8.93. The quantitative estimate of drug-likeness (QED) is 0.441. The maximum Gasteiger partial charge on any atom is 0.326 e. The summed E-state index contributed by atoms with van der Waals surface area (Å²) in [6.07, 6.45) is 2.61. The van der Waals surface area contributed by atoms with Gasteiger partial charge in [-0.25, -0.2) is 4.79 Å². The van der Waals surface area contributed by atoms with E-state index in [0.717, 1.165) is 22.9 Å². The highest BCUT2D eigenvalue weighted by atomic mass is 16.4. The molecule has 8 nitrogen and oxygen atoms in total. The van der Waals surface area contributed by atoms with E-state index in [4.69, 9.17) is 5.73 Å². The van der Waals surface area contributed by atoms with Crippen molar-refractivity contribution < 1.29 is 19.5 Å². The Kier molecular flexibility index (Phi) is 6.95. The largest absolute Gasteiger partial charge is 0.480 e. The molecular formula is C19H26N4O4. The van der Waals surface area contributed by atoms with Crippen LogP contribution in [0.2, 0.25) is 0 Å². The highest BCUT2D eigenvalue weighted by Crippen LogP contribution is 2.19. The van der Waals surface area contributed by atoms with Gasteiger partial charge in [-0.3, -0.25) is 9.59 Å². The van der Waals surface area contributed by atoms with Crippen molar-refractivity contribution in [2.75, 3.05) is 6.54 Å². The number of amides is 2. The lowest BCUT2D eigenvalue weighted by atomic mass is 9.99. The number of carboxylic acids is 1. The molecule has 1 aromatic carbocycles. The van der Waals surface area contributed by atoms with Crippen molar-refractivity contribution in [3.8, 4) is 0 Å². The van der Waals surface area contributed by atoms with Crippen molar-refractivity contribution in [1.82, 2.24) is 15.6 Å². The van der Waals surface area contributed by atoms with Crippen LogP contribution in [0.3, 0.4) is 0 Å². The fraction of sp³-hybridized carbons (Fsp3) is 0.421. The average molecular weight is 374 g/mol. The minimum Gasteiger partial charge on any atom is -0.480 e. The smallest absolute Gasteiger partial charge is 0.326 e. The van der Waals surface area contributed by atoms with Gasteiger partial charge in [-0.15, -0.1) is 0 Å². The Bertz CT molecular complexity index is 817. The van der Waals surface area contributed by atoms with Gasteiger partial charge in [0.05, 0.1) is 12.6 Å². The zero-order chi connectivity index (χ0) is 20.0. The van der Waals surface area contributed by atoms with Crippen molar-refractivity contribution in [2.45, 2.75) is 38.8 Å². The molecule has 0 aliphatic heterocycles. The predicted octanol–water partition coefficient (Wildman–Crippen LogP) is 0.769. The van der Waals surface area contributed by atoms with E-state index >= 15 is 0 Å². The average Bonchev–Trinajstić information content (AvgIpc) is 3.07. The van der Waals surface area contributed by atoms with Crippen molar-refractivity contribution in [2.24, 2.45) is 11.7 Å². The first-order valence-corrected chi connectivity index (χ1v) is 8.93. The Morgan fingerprint density at radius 1 is 1.26 bits per heavy atom. The van der Waals surface area contributed by atoms with E-state index in [1.807, 2.05) is 38.1 Å². The summed E-state index contributed by atoms with van der Waals surface area (Å²) in [6, 6.07) is 5.72. The molecule has 1 aromatic heterocycles.